The van der Waals surface area contributed by atoms with Crippen molar-refractivity contribution in [2.45, 2.75) is 26.3 Å². The van der Waals surface area contributed by atoms with E-state index in [0.717, 1.165) is 28.5 Å². The van der Waals surface area contributed by atoms with Gasteiger partial charge in [-0.15, -0.1) is 11.3 Å². The van der Waals surface area contributed by atoms with Crippen molar-refractivity contribution >= 4 is 11.3 Å². The number of aromatic nitrogens is 1. The molecule has 0 saturated carbocycles. The van der Waals surface area contributed by atoms with Crippen LogP contribution in [0.5, 0.6) is 11.5 Å². The Morgan fingerprint density at radius 2 is 2.05 bits per heavy atom. The van der Waals surface area contributed by atoms with Crippen LogP contribution in [-0.4, -0.2) is 26.3 Å². The highest BCUT2D eigenvalue weighted by Gasteiger charge is 2.21. The lowest BCUT2D eigenvalue weighted by atomic mass is 10.1. The molecule has 21 heavy (non-hydrogen) atoms. The second-order valence-corrected chi connectivity index (χ2v) is 5.97. The summed E-state index contributed by atoms with van der Waals surface area (Å²) in [6.07, 6.45) is 0.957. The normalized spacial score (nSPS) is 12.2. The highest BCUT2D eigenvalue weighted by Crippen LogP contribution is 2.35. The molecular weight excluding hydrogens is 284 g/mol. The standard InChI is InChI=1S/C16H22N2O2S/c1-6-13-10(2)21-16(18-13)15(17-3)12-8-7-11(19-4)9-14(12)20-5/h7-9,15,17H,6H2,1-5H3. The van der Waals surface area contributed by atoms with Crippen LogP contribution in [0.1, 0.15) is 34.1 Å². The van der Waals surface area contributed by atoms with Crippen molar-refractivity contribution in [3.63, 3.8) is 0 Å². The highest BCUT2D eigenvalue weighted by atomic mass is 32.1. The SMILES string of the molecule is CCc1nc(C(NC)c2ccc(OC)cc2OC)sc1C. The van der Waals surface area contributed by atoms with Gasteiger partial charge in [0.2, 0.25) is 0 Å². The Bertz CT molecular complexity index is 610. The molecule has 1 atom stereocenters. The zero-order valence-corrected chi connectivity index (χ0v) is 14.0. The van der Waals surface area contributed by atoms with Crippen LogP contribution >= 0.6 is 11.3 Å². The number of rotatable bonds is 6. The van der Waals surface area contributed by atoms with Gasteiger partial charge in [-0.3, -0.25) is 0 Å². The van der Waals surface area contributed by atoms with Crippen LogP contribution in [0.2, 0.25) is 0 Å². The minimum Gasteiger partial charge on any atom is -0.497 e. The summed E-state index contributed by atoms with van der Waals surface area (Å²) in [7, 11) is 5.27. The first-order valence-electron chi connectivity index (χ1n) is 6.99. The van der Waals surface area contributed by atoms with Crippen LogP contribution in [0.15, 0.2) is 18.2 Å². The Morgan fingerprint density at radius 1 is 1.29 bits per heavy atom. The Kier molecular flexibility index (Phi) is 5.20. The topological polar surface area (TPSA) is 43.4 Å². The van der Waals surface area contributed by atoms with Crippen LogP contribution in [0.3, 0.4) is 0 Å². The molecule has 1 unspecified atom stereocenters. The van der Waals surface area contributed by atoms with Crippen LogP contribution < -0.4 is 14.8 Å². The third-order valence-corrected chi connectivity index (χ3v) is 4.61. The molecule has 0 aliphatic heterocycles. The predicted molar refractivity (Wildman–Crippen MR) is 86.7 cm³/mol. The smallest absolute Gasteiger partial charge is 0.127 e. The number of methoxy groups -OCH3 is 2. The fourth-order valence-corrected chi connectivity index (χ4v) is 3.51. The second-order valence-electron chi connectivity index (χ2n) is 4.74. The lowest BCUT2D eigenvalue weighted by Crippen LogP contribution is -2.18. The van der Waals surface area contributed by atoms with Gasteiger partial charge in [-0.1, -0.05) is 6.92 Å². The van der Waals surface area contributed by atoms with Gasteiger partial charge in [0.15, 0.2) is 0 Å². The molecule has 0 amide bonds. The Hall–Kier alpha value is -1.59. The third kappa shape index (κ3) is 3.19. The maximum absolute atomic E-state index is 5.51. The largest absolute Gasteiger partial charge is 0.497 e. The van der Waals surface area contributed by atoms with Gasteiger partial charge >= 0.3 is 0 Å². The van der Waals surface area contributed by atoms with Gasteiger partial charge in [0.05, 0.1) is 26.0 Å². The molecule has 1 aromatic carbocycles. The lowest BCUT2D eigenvalue weighted by molar-refractivity contribution is 0.388. The summed E-state index contributed by atoms with van der Waals surface area (Å²) in [4.78, 5) is 6.04. The van der Waals surface area contributed by atoms with E-state index in [-0.39, 0.29) is 6.04 Å². The first-order chi connectivity index (χ1) is 10.1. The number of hydrogen-bond acceptors (Lipinski definition) is 5. The summed E-state index contributed by atoms with van der Waals surface area (Å²) in [6, 6.07) is 5.90. The summed E-state index contributed by atoms with van der Waals surface area (Å²) in [5, 5.41) is 4.40. The molecule has 2 aromatic rings. The molecule has 0 saturated heterocycles. The zero-order valence-electron chi connectivity index (χ0n) is 13.2. The minimum atomic E-state index is 0.0230. The number of nitrogens with zero attached hydrogens (tertiary/aromatic N) is 1. The quantitative estimate of drug-likeness (QED) is 0.889. The van der Waals surface area contributed by atoms with Crippen LogP contribution in [-0.2, 0) is 6.42 Å². The van der Waals surface area contributed by atoms with Crippen molar-refractivity contribution < 1.29 is 9.47 Å². The maximum Gasteiger partial charge on any atom is 0.127 e. The summed E-state index contributed by atoms with van der Waals surface area (Å²) < 4.78 is 10.8. The van der Waals surface area contributed by atoms with Gasteiger partial charge in [-0.2, -0.15) is 0 Å². The molecule has 1 aromatic heterocycles. The molecule has 0 radical (unpaired) electrons. The van der Waals surface area contributed by atoms with Crippen molar-refractivity contribution in [2.75, 3.05) is 21.3 Å². The molecule has 4 nitrogen and oxygen atoms in total. The number of thiazole rings is 1. The fourth-order valence-electron chi connectivity index (χ4n) is 2.37. The van der Waals surface area contributed by atoms with Crippen LogP contribution in [0.25, 0.3) is 0 Å². The van der Waals surface area contributed by atoms with Gasteiger partial charge in [-0.25, -0.2) is 4.98 Å². The summed E-state index contributed by atoms with van der Waals surface area (Å²) in [6.45, 7) is 4.26. The number of aryl methyl sites for hydroxylation is 2. The summed E-state index contributed by atoms with van der Waals surface area (Å²) >= 11 is 1.74. The maximum atomic E-state index is 5.51. The number of benzene rings is 1. The molecule has 1 N–H and O–H groups in total. The number of ether oxygens (including phenoxy) is 2. The first-order valence-corrected chi connectivity index (χ1v) is 7.81. The Balaban J connectivity index is 2.45. The van der Waals surface area contributed by atoms with Gasteiger partial charge in [0.25, 0.3) is 0 Å². The van der Waals surface area contributed by atoms with Crippen LogP contribution in [0, 0.1) is 6.92 Å². The molecule has 0 bridgehead atoms. The van der Waals surface area contributed by atoms with E-state index in [4.69, 9.17) is 14.5 Å². The van der Waals surface area contributed by atoms with Crippen molar-refractivity contribution in [1.29, 1.82) is 0 Å². The van der Waals surface area contributed by atoms with E-state index in [1.165, 1.54) is 10.6 Å². The third-order valence-electron chi connectivity index (χ3n) is 3.53. The van der Waals surface area contributed by atoms with E-state index < -0.39 is 0 Å². The Labute approximate surface area is 130 Å². The van der Waals surface area contributed by atoms with Gasteiger partial charge in [0, 0.05) is 16.5 Å². The summed E-state index contributed by atoms with van der Waals surface area (Å²) in [5.74, 6) is 1.59. The summed E-state index contributed by atoms with van der Waals surface area (Å²) in [5.41, 5.74) is 2.24. The molecule has 0 spiro atoms. The highest BCUT2D eigenvalue weighted by molar-refractivity contribution is 7.11. The van der Waals surface area contributed by atoms with Crippen molar-refractivity contribution in [3.8, 4) is 11.5 Å². The van der Waals surface area contributed by atoms with E-state index in [0.29, 0.717) is 0 Å². The van der Waals surface area contributed by atoms with Crippen LogP contribution in [0.4, 0.5) is 0 Å². The predicted octanol–water partition coefficient (Wildman–Crippen LogP) is 3.34. The van der Waals surface area contributed by atoms with Gasteiger partial charge in [-0.05, 0) is 32.5 Å². The van der Waals surface area contributed by atoms with E-state index in [2.05, 4.69) is 19.2 Å². The minimum absolute atomic E-state index is 0.0230. The van der Waals surface area contributed by atoms with Gasteiger partial charge < -0.3 is 14.8 Å². The average Bonchev–Trinajstić information content (AvgIpc) is 2.89. The average molecular weight is 306 g/mol. The van der Waals surface area contributed by atoms with E-state index >= 15 is 0 Å². The molecule has 5 heteroatoms. The van der Waals surface area contributed by atoms with E-state index in [9.17, 15) is 0 Å². The fraction of sp³-hybridized carbons (Fsp3) is 0.438. The van der Waals surface area contributed by atoms with E-state index in [1.807, 2.05) is 25.2 Å². The molecular formula is C16H22N2O2S. The molecule has 0 aliphatic carbocycles. The lowest BCUT2D eigenvalue weighted by Gasteiger charge is -2.18. The van der Waals surface area contributed by atoms with Crippen molar-refractivity contribution in [3.05, 3.63) is 39.3 Å². The van der Waals surface area contributed by atoms with Crippen molar-refractivity contribution in [1.82, 2.24) is 10.3 Å². The first kappa shape index (κ1) is 15.8. The molecule has 114 valence electrons. The number of hydrogen-bond donors (Lipinski definition) is 1. The molecule has 1 heterocycles. The monoisotopic (exact) mass is 306 g/mol. The Morgan fingerprint density at radius 3 is 2.57 bits per heavy atom. The molecule has 0 fully saturated rings. The number of nitrogens with one attached hydrogen (secondary N) is 1. The van der Waals surface area contributed by atoms with Crippen molar-refractivity contribution in [2.24, 2.45) is 0 Å². The molecule has 0 aliphatic rings. The van der Waals surface area contributed by atoms with Gasteiger partial charge in [0.1, 0.15) is 16.5 Å². The second kappa shape index (κ2) is 6.91. The molecule has 2 rings (SSSR count). The zero-order chi connectivity index (χ0) is 15.4. The van der Waals surface area contributed by atoms with E-state index in [1.54, 1.807) is 25.6 Å².